The minimum Gasteiger partial charge on any atom is -0.298 e. The van der Waals surface area contributed by atoms with E-state index in [1.165, 1.54) is 4.70 Å². The number of carbonyl (C=O) groups is 2. The quantitative estimate of drug-likeness (QED) is 0.339. The zero-order valence-corrected chi connectivity index (χ0v) is 24.0. The van der Waals surface area contributed by atoms with E-state index < -0.39 is 0 Å². The highest BCUT2D eigenvalue weighted by Gasteiger charge is 2.25. The summed E-state index contributed by atoms with van der Waals surface area (Å²) in [6.07, 6.45) is 0.596. The summed E-state index contributed by atoms with van der Waals surface area (Å²) in [6, 6.07) is 7.93. The molecule has 0 aliphatic rings. The molecule has 3 aromatic rings. The van der Waals surface area contributed by atoms with E-state index >= 15 is 0 Å². The van der Waals surface area contributed by atoms with Gasteiger partial charge in [-0.15, -0.1) is 11.3 Å². The fourth-order valence-electron chi connectivity index (χ4n) is 3.66. The molecule has 0 fully saturated rings. The van der Waals surface area contributed by atoms with E-state index in [0.29, 0.717) is 6.42 Å². The monoisotopic (exact) mass is 503 g/mol. The molecule has 1 aromatic carbocycles. The van der Waals surface area contributed by atoms with Crippen LogP contribution in [-0.4, -0.2) is 54.5 Å². The normalized spacial score (nSPS) is 12.7. The van der Waals surface area contributed by atoms with Gasteiger partial charge in [0.2, 0.25) is 0 Å². The average molecular weight is 504 g/mol. The third-order valence-electron chi connectivity index (χ3n) is 5.22. The Morgan fingerprint density at radius 3 is 2.06 bits per heavy atom. The van der Waals surface area contributed by atoms with Crippen molar-refractivity contribution in [1.29, 1.82) is 0 Å². The van der Waals surface area contributed by atoms with Crippen LogP contribution < -0.4 is 0 Å². The van der Waals surface area contributed by atoms with E-state index in [-0.39, 0.29) is 29.6 Å². The van der Waals surface area contributed by atoms with Crippen LogP contribution in [0.25, 0.3) is 10.2 Å². The van der Waals surface area contributed by atoms with Crippen LogP contribution in [0.2, 0.25) is 0 Å². The molecule has 0 radical (unpaired) electrons. The molecule has 0 bridgehead atoms. The number of thiazole rings is 1. The van der Waals surface area contributed by atoms with Crippen molar-refractivity contribution in [1.82, 2.24) is 14.8 Å². The molecule has 0 saturated carbocycles. The number of fused-ring (bicyclic) bond motifs is 1. The molecule has 0 amide bonds. The van der Waals surface area contributed by atoms with Gasteiger partial charge in [0.25, 0.3) is 0 Å². The number of carbonyl (C=O) groups excluding carboxylic acids is 2. The molecular weight excluding hydrogens is 462 g/mol. The first-order chi connectivity index (χ1) is 16.1. The molecule has 0 aliphatic carbocycles. The van der Waals surface area contributed by atoms with E-state index in [1.807, 2.05) is 108 Å². The van der Waals surface area contributed by atoms with Gasteiger partial charge in [-0.1, -0.05) is 40.7 Å². The summed E-state index contributed by atoms with van der Waals surface area (Å²) in [5.74, 6) is 0.556. The lowest BCUT2D eigenvalue weighted by atomic mass is 9.94. The number of benzene rings is 1. The van der Waals surface area contributed by atoms with E-state index in [1.54, 1.807) is 22.7 Å². The van der Waals surface area contributed by atoms with Crippen molar-refractivity contribution in [2.45, 2.75) is 60.0 Å². The van der Waals surface area contributed by atoms with Gasteiger partial charge < -0.3 is 0 Å². The van der Waals surface area contributed by atoms with E-state index in [2.05, 4.69) is 11.1 Å². The fraction of sp³-hybridized carbons (Fsp3) is 0.519. The molecule has 0 N–H and O–H groups in total. The maximum Gasteiger partial charge on any atom is 0.156 e. The van der Waals surface area contributed by atoms with E-state index in [9.17, 15) is 9.59 Å². The molecule has 7 heteroatoms. The summed E-state index contributed by atoms with van der Waals surface area (Å²) in [4.78, 5) is 32.4. The smallest absolute Gasteiger partial charge is 0.156 e. The number of likely N-dealkylation sites (N-methyl/N-ethyl adjacent to an activating group) is 2. The second kappa shape index (κ2) is 14.5. The van der Waals surface area contributed by atoms with Crippen molar-refractivity contribution in [3.63, 3.8) is 0 Å². The lowest BCUT2D eigenvalue weighted by Gasteiger charge is -2.25. The Hall–Kier alpha value is -1.93. The maximum atomic E-state index is 12.4. The highest BCUT2D eigenvalue weighted by molar-refractivity contribution is 7.18. The number of hydrogen-bond donors (Lipinski definition) is 0. The molecule has 3 rings (SSSR count). The Labute approximate surface area is 213 Å². The number of aromatic nitrogens is 1. The van der Waals surface area contributed by atoms with Crippen LogP contribution in [0.1, 0.15) is 69.3 Å². The summed E-state index contributed by atoms with van der Waals surface area (Å²) in [7, 11) is 7.77. The summed E-state index contributed by atoms with van der Waals surface area (Å²) in [5.41, 5.74) is 3.13. The predicted molar refractivity (Wildman–Crippen MR) is 148 cm³/mol. The molecule has 34 heavy (non-hydrogen) atoms. The number of nitrogens with zero attached hydrogens (tertiary/aromatic N) is 3. The van der Waals surface area contributed by atoms with Crippen LogP contribution in [0.4, 0.5) is 0 Å². The van der Waals surface area contributed by atoms with Crippen LogP contribution in [-0.2, 0) is 9.59 Å². The van der Waals surface area contributed by atoms with Crippen molar-refractivity contribution in [3.05, 3.63) is 51.2 Å². The lowest BCUT2D eigenvalue weighted by molar-refractivity contribution is -0.126. The van der Waals surface area contributed by atoms with Gasteiger partial charge in [0.15, 0.2) is 11.6 Å². The molecule has 2 aromatic heterocycles. The number of aryl methyl sites for hydroxylation is 1. The minimum atomic E-state index is -0.189. The van der Waals surface area contributed by atoms with Crippen LogP contribution >= 0.6 is 22.7 Å². The van der Waals surface area contributed by atoms with Crippen molar-refractivity contribution in [2.75, 3.05) is 28.2 Å². The van der Waals surface area contributed by atoms with Crippen molar-refractivity contribution in [3.8, 4) is 0 Å². The van der Waals surface area contributed by atoms with Crippen LogP contribution in [0.3, 0.4) is 0 Å². The number of hydrogen-bond acceptors (Lipinski definition) is 7. The summed E-state index contributed by atoms with van der Waals surface area (Å²) in [5, 5.41) is 5.11. The highest BCUT2D eigenvalue weighted by Crippen LogP contribution is 2.28. The largest absolute Gasteiger partial charge is 0.298 e. The molecule has 2 heterocycles. The molecule has 5 nitrogen and oxygen atoms in total. The molecule has 188 valence electrons. The number of Topliss-reactive ketones (excluding diaryl/α,β-unsaturated/α-hetero) is 2. The van der Waals surface area contributed by atoms with Crippen LogP contribution in [0.15, 0.2) is 35.0 Å². The lowest BCUT2D eigenvalue weighted by Crippen LogP contribution is -2.30. The second-order valence-electron chi connectivity index (χ2n) is 8.63. The molecule has 0 aliphatic heterocycles. The first-order valence-electron chi connectivity index (χ1n) is 11.8. The van der Waals surface area contributed by atoms with Gasteiger partial charge in [-0.25, -0.2) is 4.98 Å². The van der Waals surface area contributed by atoms with Gasteiger partial charge in [0.1, 0.15) is 0 Å². The molecular formula is C27H41N3O2S2. The number of rotatable bonds is 8. The van der Waals surface area contributed by atoms with Crippen molar-refractivity contribution in [2.24, 2.45) is 5.92 Å². The summed E-state index contributed by atoms with van der Waals surface area (Å²) >= 11 is 3.32. The first kappa shape index (κ1) is 30.1. The Morgan fingerprint density at radius 1 is 0.971 bits per heavy atom. The second-order valence-corrected chi connectivity index (χ2v) is 10.6. The highest BCUT2D eigenvalue weighted by atomic mass is 32.1. The van der Waals surface area contributed by atoms with Gasteiger partial charge >= 0.3 is 0 Å². The minimum absolute atomic E-state index is 0.0280. The summed E-state index contributed by atoms with van der Waals surface area (Å²) in [6.45, 7) is 11.8. The fourth-order valence-corrected chi connectivity index (χ4v) is 5.14. The Kier molecular flexibility index (Phi) is 12.8. The van der Waals surface area contributed by atoms with Crippen LogP contribution in [0.5, 0.6) is 0 Å². The molecule has 0 saturated heterocycles. The van der Waals surface area contributed by atoms with Crippen molar-refractivity contribution >= 4 is 44.5 Å². The number of thiophene rings is 1. The van der Waals surface area contributed by atoms with Gasteiger partial charge in [-0.05, 0) is 75.2 Å². The third-order valence-corrected chi connectivity index (χ3v) is 6.87. The van der Waals surface area contributed by atoms with Gasteiger partial charge in [0, 0.05) is 12.3 Å². The SMILES string of the molecule is CC.CCC(=O)C(c1ccsc1)N(C)C.Cc1nc2cc(C(C(=O)C(C)C)N(C)C)ccc2s1. The summed E-state index contributed by atoms with van der Waals surface area (Å²) < 4.78 is 1.18. The average Bonchev–Trinajstić information content (AvgIpc) is 3.43. The van der Waals surface area contributed by atoms with Gasteiger partial charge in [0.05, 0.1) is 27.3 Å². The van der Waals surface area contributed by atoms with Crippen molar-refractivity contribution < 1.29 is 9.59 Å². The standard InChI is InChI=1S/C15H20N2OS.C10H15NOS.C2H6/c1-9(2)15(18)14(17(4)5)11-6-7-13-12(8-11)16-10(3)19-13;1-4-9(12)10(11(2)3)8-5-6-13-7-8;1-2/h6-9,14H,1-5H3;5-7,10H,4H2,1-3H3;1-2H3. The zero-order chi connectivity index (χ0) is 26.0. The van der Waals surface area contributed by atoms with E-state index in [0.717, 1.165) is 21.7 Å². The topological polar surface area (TPSA) is 53.5 Å². The molecule has 2 unspecified atom stereocenters. The third kappa shape index (κ3) is 8.08. The molecule has 2 atom stereocenters. The maximum absolute atomic E-state index is 12.4. The zero-order valence-electron chi connectivity index (χ0n) is 22.4. The Morgan fingerprint density at radius 2 is 1.59 bits per heavy atom. The predicted octanol–water partition coefficient (Wildman–Crippen LogP) is 6.79. The Balaban J connectivity index is 0.000000337. The van der Waals surface area contributed by atoms with E-state index in [4.69, 9.17) is 0 Å². The first-order valence-corrected chi connectivity index (χ1v) is 13.6. The van der Waals surface area contributed by atoms with Gasteiger partial charge in [-0.3, -0.25) is 19.4 Å². The van der Waals surface area contributed by atoms with Gasteiger partial charge in [-0.2, -0.15) is 11.3 Å². The Bertz CT molecular complexity index is 1020. The number of ketones is 2. The van der Waals surface area contributed by atoms with Crippen LogP contribution in [0, 0.1) is 12.8 Å². The molecule has 0 spiro atoms.